The van der Waals surface area contributed by atoms with E-state index >= 15 is 0 Å². The van der Waals surface area contributed by atoms with Crippen LogP contribution in [0.4, 0.5) is 5.82 Å². The second kappa shape index (κ2) is 3.84. The number of para-hydroxylation sites is 1. The summed E-state index contributed by atoms with van der Waals surface area (Å²) in [4.78, 5) is 0. The lowest BCUT2D eigenvalue weighted by Gasteiger charge is -2.03. The van der Waals surface area contributed by atoms with Gasteiger partial charge in [0.05, 0.1) is 24.4 Å². The average molecular weight is 198 g/mol. The third-order valence-corrected chi connectivity index (χ3v) is 2.16. The van der Waals surface area contributed by atoms with Gasteiger partial charge in [-0.2, -0.15) is 10.4 Å². The van der Waals surface area contributed by atoms with Crippen LogP contribution >= 0.6 is 0 Å². The molecule has 1 aromatic heterocycles. The van der Waals surface area contributed by atoms with Gasteiger partial charge in [0.15, 0.2) is 0 Å². The second-order valence-electron chi connectivity index (χ2n) is 3.14. The Morgan fingerprint density at radius 1 is 1.33 bits per heavy atom. The number of rotatable bonds is 2. The fourth-order valence-electron chi connectivity index (χ4n) is 1.39. The van der Waals surface area contributed by atoms with Gasteiger partial charge in [0.25, 0.3) is 0 Å². The molecule has 0 fully saturated rings. The van der Waals surface area contributed by atoms with E-state index in [9.17, 15) is 0 Å². The summed E-state index contributed by atoms with van der Waals surface area (Å²) in [7, 11) is 0. The van der Waals surface area contributed by atoms with Gasteiger partial charge in [-0.25, -0.2) is 4.68 Å². The molecule has 0 aliphatic carbocycles. The molecular formula is C11H10N4. The largest absolute Gasteiger partial charge is 0.383 e. The zero-order valence-corrected chi connectivity index (χ0v) is 8.09. The molecule has 0 amide bonds. The van der Waals surface area contributed by atoms with Gasteiger partial charge < -0.3 is 5.73 Å². The van der Waals surface area contributed by atoms with E-state index in [1.165, 1.54) is 0 Å². The van der Waals surface area contributed by atoms with Crippen molar-refractivity contribution < 1.29 is 0 Å². The predicted molar refractivity (Wildman–Crippen MR) is 57.3 cm³/mol. The molecule has 0 bridgehead atoms. The van der Waals surface area contributed by atoms with Crippen LogP contribution in [0.15, 0.2) is 36.5 Å². The van der Waals surface area contributed by atoms with E-state index < -0.39 is 0 Å². The smallest absolute Gasteiger partial charge is 0.131 e. The van der Waals surface area contributed by atoms with E-state index in [1.807, 2.05) is 30.3 Å². The first-order chi connectivity index (χ1) is 7.33. The maximum absolute atomic E-state index is 8.58. The molecule has 1 heterocycles. The fourth-order valence-corrected chi connectivity index (χ4v) is 1.39. The highest BCUT2D eigenvalue weighted by molar-refractivity contribution is 5.47. The summed E-state index contributed by atoms with van der Waals surface area (Å²) in [5.41, 5.74) is 7.54. The molecular weight excluding hydrogens is 188 g/mol. The number of anilines is 1. The van der Waals surface area contributed by atoms with E-state index in [0.717, 1.165) is 11.3 Å². The molecule has 0 atom stereocenters. The van der Waals surface area contributed by atoms with Crippen molar-refractivity contribution in [2.45, 2.75) is 6.42 Å². The molecule has 0 aliphatic rings. The third kappa shape index (κ3) is 1.67. The number of benzene rings is 1. The number of aromatic nitrogens is 2. The predicted octanol–water partition coefficient (Wildman–Crippen LogP) is 1.52. The van der Waals surface area contributed by atoms with Crippen LogP contribution in [0.1, 0.15) is 5.56 Å². The highest BCUT2D eigenvalue weighted by Gasteiger charge is 2.07. The molecule has 0 saturated heterocycles. The Balaban J connectivity index is 2.43. The summed E-state index contributed by atoms with van der Waals surface area (Å²) in [6.45, 7) is 0. The summed E-state index contributed by atoms with van der Waals surface area (Å²) < 4.78 is 1.63. The van der Waals surface area contributed by atoms with Crippen LogP contribution in [0.5, 0.6) is 0 Å². The van der Waals surface area contributed by atoms with E-state index in [0.29, 0.717) is 12.2 Å². The molecule has 15 heavy (non-hydrogen) atoms. The Morgan fingerprint density at radius 2 is 2.07 bits per heavy atom. The SMILES string of the molecule is N#CCc1cnn(-c2ccccc2)c1N. The van der Waals surface area contributed by atoms with Crippen molar-refractivity contribution in [3.63, 3.8) is 0 Å². The van der Waals surface area contributed by atoms with E-state index in [1.54, 1.807) is 10.9 Å². The lowest BCUT2D eigenvalue weighted by Crippen LogP contribution is -2.02. The first kappa shape index (κ1) is 9.28. The molecule has 2 N–H and O–H groups in total. The van der Waals surface area contributed by atoms with Gasteiger partial charge >= 0.3 is 0 Å². The minimum absolute atomic E-state index is 0.290. The molecule has 0 aliphatic heterocycles. The number of hydrogen-bond acceptors (Lipinski definition) is 3. The summed E-state index contributed by atoms with van der Waals surface area (Å²) in [6.07, 6.45) is 1.92. The van der Waals surface area contributed by atoms with Gasteiger partial charge in [0, 0.05) is 5.56 Å². The van der Waals surface area contributed by atoms with Crippen LogP contribution in [-0.4, -0.2) is 9.78 Å². The van der Waals surface area contributed by atoms with Crippen molar-refractivity contribution in [3.05, 3.63) is 42.1 Å². The first-order valence-electron chi connectivity index (χ1n) is 4.57. The Bertz CT molecular complexity index is 493. The number of nitrogens with two attached hydrogens (primary N) is 1. The second-order valence-corrected chi connectivity index (χ2v) is 3.14. The molecule has 2 rings (SSSR count). The number of nitrogen functional groups attached to an aromatic ring is 1. The maximum atomic E-state index is 8.58. The molecule has 4 nitrogen and oxygen atoms in total. The van der Waals surface area contributed by atoms with Crippen LogP contribution in [0.3, 0.4) is 0 Å². The molecule has 74 valence electrons. The van der Waals surface area contributed by atoms with Crippen molar-refractivity contribution in [1.29, 1.82) is 5.26 Å². The van der Waals surface area contributed by atoms with Gasteiger partial charge in [-0.1, -0.05) is 18.2 Å². The van der Waals surface area contributed by atoms with Crippen molar-refractivity contribution in [1.82, 2.24) is 9.78 Å². The molecule has 0 spiro atoms. The fraction of sp³-hybridized carbons (Fsp3) is 0.0909. The van der Waals surface area contributed by atoms with Gasteiger partial charge in [0.1, 0.15) is 5.82 Å². The molecule has 0 radical (unpaired) electrons. The van der Waals surface area contributed by atoms with Gasteiger partial charge in [-0.3, -0.25) is 0 Å². The average Bonchev–Trinajstić information content (AvgIpc) is 2.63. The number of hydrogen-bond donors (Lipinski definition) is 1. The molecule has 1 aromatic carbocycles. The van der Waals surface area contributed by atoms with E-state index in [2.05, 4.69) is 11.2 Å². The number of nitrogens with zero attached hydrogens (tertiary/aromatic N) is 3. The van der Waals surface area contributed by atoms with Gasteiger partial charge in [-0.15, -0.1) is 0 Å². The summed E-state index contributed by atoms with van der Waals surface area (Å²) in [5.74, 6) is 0.530. The molecule has 2 aromatic rings. The summed E-state index contributed by atoms with van der Waals surface area (Å²) in [5, 5.41) is 12.7. The third-order valence-electron chi connectivity index (χ3n) is 2.16. The summed E-state index contributed by atoms with van der Waals surface area (Å²) in [6, 6.07) is 11.7. The first-order valence-corrected chi connectivity index (χ1v) is 4.57. The topological polar surface area (TPSA) is 67.6 Å². The van der Waals surface area contributed by atoms with E-state index in [-0.39, 0.29) is 0 Å². The Hall–Kier alpha value is -2.28. The highest BCUT2D eigenvalue weighted by atomic mass is 15.3. The number of nitriles is 1. The van der Waals surface area contributed by atoms with Crippen LogP contribution < -0.4 is 5.73 Å². The minimum atomic E-state index is 0.290. The molecule has 0 unspecified atom stereocenters. The van der Waals surface area contributed by atoms with Crippen molar-refractivity contribution in [2.24, 2.45) is 0 Å². The molecule has 4 heteroatoms. The van der Waals surface area contributed by atoms with Crippen molar-refractivity contribution in [2.75, 3.05) is 5.73 Å². The van der Waals surface area contributed by atoms with Crippen LogP contribution in [0.2, 0.25) is 0 Å². The lowest BCUT2D eigenvalue weighted by atomic mass is 10.2. The lowest BCUT2D eigenvalue weighted by molar-refractivity contribution is 0.891. The Labute approximate surface area is 87.6 Å². The van der Waals surface area contributed by atoms with Gasteiger partial charge in [-0.05, 0) is 12.1 Å². The van der Waals surface area contributed by atoms with Crippen LogP contribution in [0.25, 0.3) is 5.69 Å². The zero-order chi connectivity index (χ0) is 10.7. The Morgan fingerprint density at radius 3 is 2.73 bits per heavy atom. The monoisotopic (exact) mass is 198 g/mol. The Kier molecular flexibility index (Phi) is 2.38. The maximum Gasteiger partial charge on any atom is 0.131 e. The van der Waals surface area contributed by atoms with E-state index in [4.69, 9.17) is 11.0 Å². The van der Waals surface area contributed by atoms with Crippen LogP contribution in [-0.2, 0) is 6.42 Å². The zero-order valence-electron chi connectivity index (χ0n) is 8.09. The quantitative estimate of drug-likeness (QED) is 0.795. The normalized spacial score (nSPS) is 9.80. The van der Waals surface area contributed by atoms with Crippen LogP contribution in [0, 0.1) is 11.3 Å². The van der Waals surface area contributed by atoms with Crippen molar-refractivity contribution in [3.8, 4) is 11.8 Å². The standard InChI is InChI=1S/C11H10N4/c12-7-6-9-8-14-15(11(9)13)10-4-2-1-3-5-10/h1-5,8H,6,13H2. The minimum Gasteiger partial charge on any atom is -0.383 e. The van der Waals surface area contributed by atoms with Crippen molar-refractivity contribution >= 4 is 5.82 Å². The molecule has 0 saturated carbocycles. The summed E-state index contributed by atoms with van der Waals surface area (Å²) >= 11 is 0. The van der Waals surface area contributed by atoms with Gasteiger partial charge in [0.2, 0.25) is 0 Å². The highest BCUT2D eigenvalue weighted by Crippen LogP contribution is 2.16.